The van der Waals surface area contributed by atoms with Gasteiger partial charge in [0.1, 0.15) is 0 Å². The maximum Gasteiger partial charge on any atom is 0.252 e. The molecule has 0 aromatic heterocycles. The van der Waals surface area contributed by atoms with Crippen molar-refractivity contribution in [2.45, 2.75) is 105 Å². The standard InChI is InChI=1S/C68H68BN3/c1-65(2,3)48-27-34-52(35-28-48)71-60-38-31-50(67(7,8)9)41-57(60)69-58-42-51(68(10,11)12)32-39-61(58)72(53-36-29-49(30-37-53)66(4,5)6)63-44-55(43-62(71)64(63)69)70(54-33-26-45-20-16-17-23-47(45)40-54)59-25-19-18-24-56(59)46-21-14-13-15-22-46/h13-44H,1-12H3/i13D,14D,15D,16D,17D,18D,19D,20D,21D,22D,23D,24D,25D,26D,27D,28D,29D,30D,31D,32D,33D,34D,35D,36D,37D,38D,39D,40D,41D,42D. The van der Waals surface area contributed by atoms with Gasteiger partial charge in [-0.25, -0.2) is 0 Å². The Hall–Kier alpha value is -7.30. The van der Waals surface area contributed by atoms with Crippen molar-refractivity contribution in [3.63, 3.8) is 0 Å². The van der Waals surface area contributed by atoms with Crippen molar-refractivity contribution in [2.24, 2.45) is 0 Å². The Morgan fingerprint density at radius 1 is 0.389 bits per heavy atom. The molecule has 358 valence electrons. The summed E-state index contributed by atoms with van der Waals surface area (Å²) < 4.78 is 292. The minimum Gasteiger partial charge on any atom is -0.311 e. The van der Waals surface area contributed by atoms with E-state index in [1.807, 2.05) is 0 Å². The molecule has 9 aromatic carbocycles. The van der Waals surface area contributed by atoms with Crippen LogP contribution in [-0.4, -0.2) is 6.71 Å². The number of para-hydroxylation sites is 1. The minimum absolute atomic E-state index is 0.0708. The molecule has 0 bridgehead atoms. The van der Waals surface area contributed by atoms with Crippen LogP contribution < -0.4 is 31.1 Å². The zero-order chi connectivity index (χ0) is 76.6. The molecule has 0 spiro atoms. The molecular formula is C68H68BN3. The summed E-state index contributed by atoms with van der Waals surface area (Å²) in [6.07, 6.45) is 0. The summed E-state index contributed by atoms with van der Waals surface area (Å²) in [6.45, 7) is 18.0. The summed E-state index contributed by atoms with van der Waals surface area (Å²) in [6, 6.07) is -23.8. The molecule has 0 saturated heterocycles. The monoisotopic (exact) mass is 968 g/mol. The fourth-order valence-corrected chi connectivity index (χ4v) is 8.76. The van der Waals surface area contributed by atoms with Crippen molar-refractivity contribution in [1.29, 1.82) is 0 Å². The van der Waals surface area contributed by atoms with Crippen LogP contribution in [0.4, 0.5) is 51.2 Å². The van der Waals surface area contributed by atoms with Crippen molar-refractivity contribution in [3.05, 3.63) is 216 Å². The van der Waals surface area contributed by atoms with Gasteiger partial charge in [0.15, 0.2) is 0 Å². The van der Waals surface area contributed by atoms with E-state index in [2.05, 4.69) is 0 Å². The van der Waals surface area contributed by atoms with E-state index in [9.17, 15) is 32.9 Å². The largest absolute Gasteiger partial charge is 0.311 e. The van der Waals surface area contributed by atoms with Crippen molar-refractivity contribution in [1.82, 2.24) is 0 Å². The van der Waals surface area contributed by atoms with Gasteiger partial charge in [-0.2, -0.15) is 0 Å². The van der Waals surface area contributed by atoms with Crippen LogP contribution in [0, 0.1) is 0 Å². The number of nitrogens with zero attached hydrogens (tertiary/aromatic N) is 3. The van der Waals surface area contributed by atoms with Crippen LogP contribution in [-0.2, 0) is 21.7 Å². The summed E-state index contributed by atoms with van der Waals surface area (Å²) in [5.74, 6) is 0. The smallest absolute Gasteiger partial charge is 0.252 e. The second kappa shape index (κ2) is 17.2. The van der Waals surface area contributed by atoms with Gasteiger partial charge in [-0.3, -0.25) is 0 Å². The van der Waals surface area contributed by atoms with Gasteiger partial charge in [0, 0.05) is 45.4 Å². The molecule has 4 heteroatoms. The first-order valence-corrected chi connectivity index (χ1v) is 23.5. The van der Waals surface area contributed by atoms with E-state index in [-0.39, 0.29) is 38.6 Å². The van der Waals surface area contributed by atoms with Crippen LogP contribution in [0.1, 0.15) is 146 Å². The van der Waals surface area contributed by atoms with Crippen LogP contribution in [0.3, 0.4) is 0 Å². The molecule has 9 aromatic rings. The Kier molecular flexibility index (Phi) is 5.72. The van der Waals surface area contributed by atoms with E-state index in [1.54, 1.807) is 83.1 Å². The highest BCUT2D eigenvalue weighted by molar-refractivity contribution is 7.00. The van der Waals surface area contributed by atoms with E-state index in [0.717, 1.165) is 21.9 Å². The predicted octanol–water partition coefficient (Wildman–Crippen LogP) is 17.2. The summed E-state index contributed by atoms with van der Waals surface area (Å²) in [5, 5.41) is -1.45. The molecule has 3 nitrogen and oxygen atoms in total. The van der Waals surface area contributed by atoms with E-state index in [4.69, 9.17) is 8.22 Å². The van der Waals surface area contributed by atoms with E-state index in [1.165, 1.54) is 0 Å². The van der Waals surface area contributed by atoms with Crippen molar-refractivity contribution in [2.75, 3.05) is 14.7 Å². The molecule has 72 heavy (non-hydrogen) atoms. The second-order valence-corrected chi connectivity index (χ2v) is 22.0. The molecule has 0 aliphatic carbocycles. The number of hydrogen-bond acceptors (Lipinski definition) is 3. The normalized spacial score (nSPS) is 19.3. The maximum absolute atomic E-state index is 10.6. The number of hydrogen-bond donors (Lipinski definition) is 0. The highest BCUT2D eigenvalue weighted by Crippen LogP contribution is 2.50. The van der Waals surface area contributed by atoms with E-state index < -0.39 is 283 Å². The SMILES string of the molecule is [2H]c1c([2H])c([2H])c(-c2c([2H])c([2H])c([2H])c([2H])c2N(c2cc3c4c(c2)N(c2c([2H])c([2H])c(C(C)(C)C)c([2H])c2[2H])c2c([2H])c([2H])c(C(C)(C)C)c([2H])c2B4c2c([2H])c(C(C)(C)C)c([2H])c([2H])c2N3c2c([2H])c([2H])c(C(C)(C)C)c([2H])c2[2H])c2c([2H])c([2H])c3c([2H])c([2H])c([2H])c([2H])c3c2[2H])c([2H])c1[2H]. The molecule has 0 fully saturated rings. The Labute approximate surface area is 472 Å². The first-order valence-electron chi connectivity index (χ1n) is 38.5. The molecule has 2 aliphatic rings. The Morgan fingerprint density at radius 2 is 0.833 bits per heavy atom. The molecule has 0 unspecified atom stereocenters. The highest BCUT2D eigenvalue weighted by atomic mass is 15.2. The predicted molar refractivity (Wildman–Crippen MR) is 313 cm³/mol. The number of fused-ring (bicyclic) bond motifs is 5. The van der Waals surface area contributed by atoms with Gasteiger partial charge in [-0.15, -0.1) is 0 Å². The molecule has 0 atom stereocenters. The summed E-state index contributed by atoms with van der Waals surface area (Å²) in [4.78, 5) is 2.74. The van der Waals surface area contributed by atoms with Crippen LogP contribution >= 0.6 is 0 Å². The van der Waals surface area contributed by atoms with Gasteiger partial charge in [-0.05, 0) is 143 Å². The summed E-state index contributed by atoms with van der Waals surface area (Å²) >= 11 is 0. The third kappa shape index (κ3) is 8.29. The number of anilines is 9. The van der Waals surface area contributed by atoms with Gasteiger partial charge in [0.05, 0.1) is 52.5 Å². The summed E-state index contributed by atoms with van der Waals surface area (Å²) in [7, 11) is 0. The molecule has 2 aliphatic heterocycles. The lowest BCUT2D eigenvalue weighted by Gasteiger charge is -2.45. The molecular weight excluding hydrogens is 870 g/mol. The van der Waals surface area contributed by atoms with Gasteiger partial charge in [0.25, 0.3) is 6.71 Å². The average molecular weight is 968 g/mol. The lowest BCUT2D eigenvalue weighted by Crippen LogP contribution is -2.61. The second-order valence-electron chi connectivity index (χ2n) is 22.0. The maximum atomic E-state index is 10.6. The highest BCUT2D eigenvalue weighted by Gasteiger charge is 2.45. The zero-order valence-corrected chi connectivity index (χ0v) is 42.1. The lowest BCUT2D eigenvalue weighted by atomic mass is 9.33. The molecule has 0 N–H and O–H groups in total. The fraction of sp³-hybridized carbons (Fsp3) is 0.235. The Balaban J connectivity index is 1.55. The van der Waals surface area contributed by atoms with Crippen LogP contribution in [0.25, 0.3) is 21.9 Å². The third-order valence-electron chi connectivity index (χ3n) is 12.6. The topological polar surface area (TPSA) is 9.72 Å². The first kappa shape index (κ1) is 24.0. The average Bonchev–Trinajstić information content (AvgIpc) is 0.672. The van der Waals surface area contributed by atoms with Crippen molar-refractivity contribution < 1.29 is 41.1 Å². The van der Waals surface area contributed by atoms with Crippen molar-refractivity contribution >= 4 is 85.1 Å². The minimum atomic E-state index is -1.77. The van der Waals surface area contributed by atoms with Crippen LogP contribution in [0.5, 0.6) is 0 Å². The molecule has 11 rings (SSSR count). The van der Waals surface area contributed by atoms with Crippen LogP contribution in [0.2, 0.25) is 0 Å². The third-order valence-corrected chi connectivity index (χ3v) is 12.6. The van der Waals surface area contributed by atoms with E-state index in [0.29, 0.717) is 4.90 Å². The van der Waals surface area contributed by atoms with Gasteiger partial charge in [-0.1, -0.05) is 210 Å². The van der Waals surface area contributed by atoms with Crippen molar-refractivity contribution in [3.8, 4) is 11.1 Å². The Morgan fingerprint density at radius 3 is 1.33 bits per heavy atom. The fourth-order valence-electron chi connectivity index (χ4n) is 8.76. The van der Waals surface area contributed by atoms with Crippen LogP contribution in [0.15, 0.2) is 193 Å². The molecule has 0 saturated carbocycles. The molecule has 2 heterocycles. The summed E-state index contributed by atoms with van der Waals surface area (Å²) in [5.41, 5.74) is -13.8. The van der Waals surface area contributed by atoms with Gasteiger partial charge >= 0.3 is 0 Å². The van der Waals surface area contributed by atoms with Gasteiger partial charge < -0.3 is 14.7 Å². The molecule has 0 amide bonds. The first-order chi connectivity index (χ1) is 46.8. The quantitative estimate of drug-likeness (QED) is 0.154. The number of benzene rings is 9. The van der Waals surface area contributed by atoms with E-state index >= 15 is 0 Å². The Bertz CT molecular complexity index is 5040. The lowest BCUT2D eigenvalue weighted by molar-refractivity contribution is 0.590. The molecule has 0 radical (unpaired) electrons. The number of rotatable bonds is 6. The zero-order valence-electron chi connectivity index (χ0n) is 72.1. The van der Waals surface area contributed by atoms with Gasteiger partial charge in [0.2, 0.25) is 0 Å².